The van der Waals surface area contributed by atoms with Gasteiger partial charge in [0, 0.05) is 19.3 Å². The molecule has 0 unspecified atom stereocenters. The third-order valence-electron chi connectivity index (χ3n) is 5.88. The van der Waals surface area contributed by atoms with E-state index in [9.17, 15) is 14.9 Å². The number of aromatic nitrogens is 2. The number of pyridine rings is 1. The number of nitrogens with zero attached hydrogens (tertiary/aromatic N) is 4. The molecular weight excluding hydrogens is 416 g/mol. The van der Waals surface area contributed by atoms with Gasteiger partial charge in [-0.25, -0.2) is 0 Å². The molecule has 1 amide bonds. The lowest BCUT2D eigenvalue weighted by molar-refractivity contribution is -0.127. The van der Waals surface area contributed by atoms with Gasteiger partial charge in [0.1, 0.15) is 28.6 Å². The van der Waals surface area contributed by atoms with Crippen LogP contribution in [-0.2, 0) is 11.2 Å². The number of rotatable bonds is 5. The number of hydrogen-bond acceptors (Lipinski definition) is 5. The lowest BCUT2D eigenvalue weighted by Gasteiger charge is -2.26. The number of carbonyl (C=O) groups is 1. The third kappa shape index (κ3) is 4.65. The summed E-state index contributed by atoms with van der Waals surface area (Å²) in [6.45, 7) is 5.14. The van der Waals surface area contributed by atoms with Gasteiger partial charge in [0.25, 0.3) is 11.5 Å². The predicted molar refractivity (Wildman–Crippen MR) is 126 cm³/mol. The number of nitriles is 1. The maximum absolute atomic E-state index is 13.4. The SMILES string of the molecule is CCc1ccc(Oc2nc3c(C)cccn3c(=O)c2C=C(C#N)C(=O)N2CCCCC2)cc1. The van der Waals surface area contributed by atoms with Crippen LogP contribution in [0.5, 0.6) is 11.6 Å². The first kappa shape index (κ1) is 22.3. The van der Waals surface area contributed by atoms with Crippen molar-refractivity contribution >= 4 is 17.6 Å². The minimum Gasteiger partial charge on any atom is -0.438 e. The Balaban J connectivity index is 1.84. The zero-order valence-corrected chi connectivity index (χ0v) is 18.9. The number of piperidine rings is 1. The van der Waals surface area contributed by atoms with Crippen molar-refractivity contribution < 1.29 is 9.53 Å². The molecule has 1 aliphatic rings. The molecule has 168 valence electrons. The van der Waals surface area contributed by atoms with Gasteiger partial charge in [-0.15, -0.1) is 0 Å². The number of amides is 1. The Morgan fingerprint density at radius 1 is 1.18 bits per heavy atom. The summed E-state index contributed by atoms with van der Waals surface area (Å²) in [6.07, 6.45) is 6.72. The number of hydrogen-bond donors (Lipinski definition) is 0. The summed E-state index contributed by atoms with van der Waals surface area (Å²) in [6, 6.07) is 13.1. The zero-order chi connectivity index (χ0) is 23.4. The molecule has 7 heteroatoms. The van der Waals surface area contributed by atoms with Gasteiger partial charge >= 0.3 is 0 Å². The van der Waals surface area contributed by atoms with E-state index in [0.29, 0.717) is 24.5 Å². The Labute approximate surface area is 192 Å². The van der Waals surface area contributed by atoms with Crippen LogP contribution in [0.4, 0.5) is 0 Å². The minimum atomic E-state index is -0.400. The summed E-state index contributed by atoms with van der Waals surface area (Å²) in [5.74, 6) is 0.217. The van der Waals surface area contributed by atoms with Gasteiger partial charge in [-0.05, 0) is 68.0 Å². The molecule has 2 aromatic heterocycles. The summed E-state index contributed by atoms with van der Waals surface area (Å²) >= 11 is 0. The molecule has 1 aliphatic heterocycles. The Morgan fingerprint density at radius 3 is 2.58 bits per heavy atom. The Morgan fingerprint density at radius 2 is 1.91 bits per heavy atom. The van der Waals surface area contributed by atoms with Gasteiger partial charge in [0.15, 0.2) is 0 Å². The van der Waals surface area contributed by atoms with Crippen molar-refractivity contribution in [3.8, 4) is 17.7 Å². The number of carbonyl (C=O) groups excluding carboxylic acids is 1. The number of fused-ring (bicyclic) bond motifs is 1. The van der Waals surface area contributed by atoms with Crippen LogP contribution in [0, 0.1) is 18.3 Å². The maximum atomic E-state index is 13.4. The lowest BCUT2D eigenvalue weighted by Crippen LogP contribution is -2.36. The van der Waals surface area contributed by atoms with Gasteiger partial charge in [-0.1, -0.05) is 25.1 Å². The second-order valence-electron chi connectivity index (χ2n) is 8.14. The Kier molecular flexibility index (Phi) is 6.55. The van der Waals surface area contributed by atoms with Crippen molar-refractivity contribution in [1.29, 1.82) is 5.26 Å². The molecule has 1 aromatic carbocycles. The molecular formula is C26H26N4O3. The highest BCUT2D eigenvalue weighted by Crippen LogP contribution is 2.25. The van der Waals surface area contributed by atoms with E-state index in [4.69, 9.17) is 4.74 Å². The molecule has 0 aliphatic carbocycles. The van der Waals surface area contributed by atoms with Crippen LogP contribution in [0.2, 0.25) is 0 Å². The highest BCUT2D eigenvalue weighted by Gasteiger charge is 2.23. The van der Waals surface area contributed by atoms with E-state index < -0.39 is 5.56 Å². The molecule has 3 heterocycles. The smallest absolute Gasteiger partial charge is 0.269 e. The van der Waals surface area contributed by atoms with Crippen LogP contribution in [0.25, 0.3) is 11.7 Å². The lowest BCUT2D eigenvalue weighted by atomic mass is 10.1. The molecule has 1 saturated heterocycles. The van der Waals surface area contributed by atoms with Gasteiger partial charge < -0.3 is 9.64 Å². The molecule has 0 N–H and O–H groups in total. The van der Waals surface area contributed by atoms with E-state index in [1.165, 1.54) is 10.5 Å². The van der Waals surface area contributed by atoms with E-state index in [1.54, 1.807) is 17.2 Å². The van der Waals surface area contributed by atoms with E-state index in [-0.39, 0.29) is 22.9 Å². The fourth-order valence-electron chi connectivity index (χ4n) is 3.95. The Hall–Kier alpha value is -3.92. The van der Waals surface area contributed by atoms with Crippen molar-refractivity contribution in [2.75, 3.05) is 13.1 Å². The van der Waals surface area contributed by atoms with Crippen LogP contribution < -0.4 is 10.3 Å². The quantitative estimate of drug-likeness (QED) is 0.435. The molecule has 0 radical (unpaired) electrons. The molecule has 0 atom stereocenters. The van der Waals surface area contributed by atoms with Gasteiger partial charge in [-0.3, -0.25) is 14.0 Å². The van der Waals surface area contributed by atoms with Crippen molar-refractivity contribution in [2.45, 2.75) is 39.5 Å². The number of benzene rings is 1. The van der Waals surface area contributed by atoms with E-state index in [1.807, 2.05) is 43.3 Å². The molecule has 0 spiro atoms. The molecule has 0 saturated carbocycles. The van der Waals surface area contributed by atoms with Crippen LogP contribution in [0.15, 0.2) is 53.0 Å². The fourth-order valence-corrected chi connectivity index (χ4v) is 3.95. The largest absolute Gasteiger partial charge is 0.438 e. The molecule has 3 aromatic rings. The van der Waals surface area contributed by atoms with Crippen molar-refractivity contribution in [1.82, 2.24) is 14.3 Å². The number of likely N-dealkylation sites (tertiary alicyclic amines) is 1. The second-order valence-corrected chi connectivity index (χ2v) is 8.14. The van der Waals surface area contributed by atoms with Crippen molar-refractivity contribution in [3.63, 3.8) is 0 Å². The number of ether oxygens (including phenoxy) is 1. The first-order valence-electron chi connectivity index (χ1n) is 11.2. The topological polar surface area (TPSA) is 87.7 Å². The maximum Gasteiger partial charge on any atom is 0.269 e. The van der Waals surface area contributed by atoms with Gasteiger partial charge in [0.2, 0.25) is 5.88 Å². The molecule has 1 fully saturated rings. The number of aryl methyl sites for hydroxylation is 2. The van der Waals surface area contributed by atoms with E-state index >= 15 is 0 Å². The summed E-state index contributed by atoms with van der Waals surface area (Å²) in [5.41, 5.74) is 1.99. The van der Waals surface area contributed by atoms with E-state index in [0.717, 1.165) is 36.8 Å². The van der Waals surface area contributed by atoms with Crippen LogP contribution in [0.3, 0.4) is 0 Å². The van der Waals surface area contributed by atoms with Gasteiger partial charge in [0.05, 0.1) is 0 Å². The van der Waals surface area contributed by atoms with Crippen molar-refractivity contribution in [2.24, 2.45) is 0 Å². The summed E-state index contributed by atoms with van der Waals surface area (Å²) in [5, 5.41) is 9.74. The summed E-state index contributed by atoms with van der Waals surface area (Å²) < 4.78 is 7.43. The molecule has 7 nitrogen and oxygen atoms in total. The Bertz CT molecular complexity index is 1310. The normalized spacial score (nSPS) is 14.2. The molecule has 33 heavy (non-hydrogen) atoms. The molecule has 4 rings (SSSR count). The average Bonchev–Trinajstić information content (AvgIpc) is 2.85. The third-order valence-corrected chi connectivity index (χ3v) is 5.88. The highest BCUT2D eigenvalue weighted by atomic mass is 16.5. The van der Waals surface area contributed by atoms with Crippen molar-refractivity contribution in [3.05, 3.63) is 75.2 Å². The van der Waals surface area contributed by atoms with Crippen LogP contribution in [-0.4, -0.2) is 33.3 Å². The zero-order valence-electron chi connectivity index (χ0n) is 18.9. The van der Waals surface area contributed by atoms with Gasteiger partial charge in [-0.2, -0.15) is 10.2 Å². The average molecular weight is 443 g/mol. The summed E-state index contributed by atoms with van der Waals surface area (Å²) in [7, 11) is 0. The predicted octanol–water partition coefficient (Wildman–Crippen LogP) is 4.28. The minimum absolute atomic E-state index is 0.0674. The highest BCUT2D eigenvalue weighted by molar-refractivity contribution is 6.02. The first-order valence-corrected chi connectivity index (χ1v) is 11.2. The molecule has 0 bridgehead atoms. The monoisotopic (exact) mass is 442 g/mol. The second kappa shape index (κ2) is 9.70. The van der Waals surface area contributed by atoms with Crippen LogP contribution >= 0.6 is 0 Å². The first-order chi connectivity index (χ1) is 16.0. The summed E-state index contributed by atoms with van der Waals surface area (Å²) in [4.78, 5) is 32.6. The fraction of sp³-hybridized carbons (Fsp3) is 0.308. The standard InChI is InChI=1S/C26H26N4O3/c1-3-19-9-11-21(12-10-19)33-24-22(26(32)30-15-7-8-18(2)23(30)28-24)16-20(17-27)25(31)29-13-5-4-6-14-29/h7-12,15-16H,3-6,13-14H2,1-2H3. The van der Waals surface area contributed by atoms with Crippen LogP contribution in [0.1, 0.15) is 42.9 Å². The van der Waals surface area contributed by atoms with E-state index in [2.05, 4.69) is 11.9 Å².